The number of carbonyl (C=O) groups is 1. The molecule has 1 aromatic rings. The van der Waals surface area contributed by atoms with Crippen LogP contribution < -0.4 is 0 Å². The molecule has 3 nitrogen and oxygen atoms in total. The molecule has 1 atom stereocenters. The summed E-state index contributed by atoms with van der Waals surface area (Å²) in [5.74, 6) is -1.86. The Balaban J connectivity index is 2.69. The van der Waals surface area contributed by atoms with Gasteiger partial charge >= 0.3 is 5.97 Å². The number of benzene rings is 1. The van der Waals surface area contributed by atoms with Crippen LogP contribution in [0, 0.1) is 6.92 Å². The van der Waals surface area contributed by atoms with Crippen LogP contribution >= 0.6 is 0 Å². The first-order chi connectivity index (χ1) is 8.02. The predicted octanol–water partition coefficient (Wildman–Crippen LogP) is 2.13. The van der Waals surface area contributed by atoms with Crippen LogP contribution in [0.4, 0.5) is 4.39 Å². The van der Waals surface area contributed by atoms with Crippen LogP contribution in [0.3, 0.4) is 0 Å². The second kappa shape index (κ2) is 6.30. The van der Waals surface area contributed by atoms with E-state index < -0.39 is 22.6 Å². The molecule has 0 aliphatic rings. The topological polar surface area (TPSA) is 43.4 Å². The van der Waals surface area contributed by atoms with Gasteiger partial charge in [0.2, 0.25) is 0 Å². The fourth-order valence-electron chi connectivity index (χ4n) is 1.13. The normalized spacial score (nSPS) is 13.2. The molecule has 0 bridgehead atoms. The molecule has 0 amide bonds. The first-order valence-electron chi connectivity index (χ1n) is 4.92. The van der Waals surface area contributed by atoms with E-state index in [9.17, 15) is 13.4 Å². The molecule has 92 valence electrons. The van der Waals surface area contributed by atoms with Gasteiger partial charge in [-0.25, -0.2) is 9.18 Å². The van der Waals surface area contributed by atoms with Crippen molar-refractivity contribution in [3.8, 4) is 0 Å². The van der Waals surface area contributed by atoms with E-state index in [0.717, 1.165) is 12.7 Å². The molecule has 0 aliphatic heterocycles. The zero-order valence-electron chi connectivity index (χ0n) is 9.60. The molecular formula is C12H13FO3S. The van der Waals surface area contributed by atoms with E-state index in [4.69, 9.17) is 0 Å². The summed E-state index contributed by atoms with van der Waals surface area (Å²) in [5.41, 5.74) is 1.04. The lowest BCUT2D eigenvalue weighted by atomic mass is 10.2. The highest BCUT2D eigenvalue weighted by Gasteiger charge is 2.08. The SMILES string of the molecule is COC(=O)/C=C(/F)C[S@@](=O)c1ccc(C)cc1. The number of hydrogen-bond donors (Lipinski definition) is 0. The number of carbonyl (C=O) groups excluding carboxylic acids is 1. The monoisotopic (exact) mass is 256 g/mol. The van der Waals surface area contributed by atoms with Crippen LogP contribution in [0.2, 0.25) is 0 Å². The standard InChI is InChI=1S/C12H13FO3S/c1-9-3-5-11(6-4-9)17(15)8-10(13)7-12(14)16-2/h3-7H,8H2,1-2H3/b10-7+/t17-/m1/s1. The van der Waals surface area contributed by atoms with Crippen LogP contribution in [0.5, 0.6) is 0 Å². The van der Waals surface area contributed by atoms with E-state index in [1.165, 1.54) is 0 Å². The summed E-state index contributed by atoms with van der Waals surface area (Å²) in [6, 6.07) is 6.96. The highest BCUT2D eigenvalue weighted by Crippen LogP contribution is 2.11. The van der Waals surface area contributed by atoms with Gasteiger partial charge in [0.25, 0.3) is 0 Å². The number of methoxy groups -OCH3 is 1. The molecule has 0 radical (unpaired) electrons. The Morgan fingerprint density at radius 3 is 2.53 bits per heavy atom. The van der Waals surface area contributed by atoms with E-state index in [0.29, 0.717) is 11.0 Å². The lowest BCUT2D eigenvalue weighted by Crippen LogP contribution is -2.02. The Labute approximate surface area is 102 Å². The number of esters is 1. The molecule has 1 aromatic carbocycles. The largest absolute Gasteiger partial charge is 0.466 e. The second-order valence-electron chi connectivity index (χ2n) is 3.42. The van der Waals surface area contributed by atoms with Crippen molar-refractivity contribution in [1.82, 2.24) is 0 Å². The molecule has 0 saturated heterocycles. The molecule has 0 unspecified atom stereocenters. The van der Waals surface area contributed by atoms with Crippen molar-refractivity contribution < 1.29 is 18.1 Å². The highest BCUT2D eigenvalue weighted by molar-refractivity contribution is 7.85. The van der Waals surface area contributed by atoms with Crippen molar-refractivity contribution in [1.29, 1.82) is 0 Å². The molecule has 1 rings (SSSR count). The summed E-state index contributed by atoms with van der Waals surface area (Å²) in [4.78, 5) is 11.3. The molecular weight excluding hydrogens is 243 g/mol. The Hall–Kier alpha value is -1.49. The van der Waals surface area contributed by atoms with E-state index in [2.05, 4.69) is 4.74 Å². The van der Waals surface area contributed by atoms with Crippen molar-refractivity contribution in [3.05, 3.63) is 41.7 Å². The van der Waals surface area contributed by atoms with Crippen molar-refractivity contribution in [2.75, 3.05) is 12.9 Å². The molecule has 0 heterocycles. The third-order valence-corrected chi connectivity index (χ3v) is 3.36. The van der Waals surface area contributed by atoms with Gasteiger partial charge in [-0.3, -0.25) is 4.21 Å². The molecule has 5 heteroatoms. The molecule has 0 saturated carbocycles. The van der Waals surface area contributed by atoms with Crippen LogP contribution in [0.15, 0.2) is 41.1 Å². The first kappa shape index (κ1) is 13.6. The van der Waals surface area contributed by atoms with Crippen LogP contribution in [-0.4, -0.2) is 23.0 Å². The maximum atomic E-state index is 13.2. The fraction of sp³-hybridized carbons (Fsp3) is 0.250. The van der Waals surface area contributed by atoms with Gasteiger partial charge in [-0.15, -0.1) is 0 Å². The van der Waals surface area contributed by atoms with Gasteiger partial charge in [0.05, 0.1) is 29.7 Å². The molecule has 0 N–H and O–H groups in total. The van der Waals surface area contributed by atoms with Gasteiger partial charge in [0.15, 0.2) is 0 Å². The maximum absolute atomic E-state index is 13.2. The van der Waals surface area contributed by atoms with Crippen molar-refractivity contribution in [3.63, 3.8) is 0 Å². The third kappa shape index (κ3) is 4.48. The number of aryl methyl sites for hydroxylation is 1. The Morgan fingerprint density at radius 1 is 1.41 bits per heavy atom. The average molecular weight is 256 g/mol. The van der Waals surface area contributed by atoms with Crippen molar-refractivity contribution >= 4 is 16.8 Å². The van der Waals surface area contributed by atoms with Gasteiger partial charge in [-0.05, 0) is 19.1 Å². The van der Waals surface area contributed by atoms with Crippen LogP contribution in [0.1, 0.15) is 5.56 Å². The fourth-order valence-corrected chi connectivity index (χ4v) is 2.07. The zero-order valence-corrected chi connectivity index (χ0v) is 10.4. The van der Waals surface area contributed by atoms with Gasteiger partial charge in [0.1, 0.15) is 5.83 Å². The Kier molecular flexibility index (Phi) is 5.03. The lowest BCUT2D eigenvalue weighted by Gasteiger charge is -2.01. The Morgan fingerprint density at radius 2 is 2.00 bits per heavy atom. The molecule has 17 heavy (non-hydrogen) atoms. The van der Waals surface area contributed by atoms with Crippen molar-refractivity contribution in [2.45, 2.75) is 11.8 Å². The first-order valence-corrected chi connectivity index (χ1v) is 6.24. The third-order valence-electron chi connectivity index (χ3n) is 2.03. The van der Waals surface area contributed by atoms with Crippen LogP contribution in [0.25, 0.3) is 0 Å². The maximum Gasteiger partial charge on any atom is 0.333 e. The summed E-state index contributed by atoms with van der Waals surface area (Å²) in [7, 11) is -0.335. The van der Waals surface area contributed by atoms with Crippen molar-refractivity contribution in [2.24, 2.45) is 0 Å². The minimum Gasteiger partial charge on any atom is -0.466 e. The summed E-state index contributed by atoms with van der Waals surface area (Å²) in [5, 5.41) is 0. The minimum atomic E-state index is -1.49. The number of ether oxygens (including phenoxy) is 1. The van der Waals surface area contributed by atoms with E-state index >= 15 is 0 Å². The second-order valence-corrected chi connectivity index (χ2v) is 4.87. The summed E-state index contributed by atoms with van der Waals surface area (Å²) in [6.07, 6.45) is 0.700. The number of rotatable bonds is 4. The van der Waals surface area contributed by atoms with Gasteiger partial charge in [-0.2, -0.15) is 0 Å². The summed E-state index contributed by atoms with van der Waals surface area (Å²) in [6.45, 7) is 1.91. The zero-order chi connectivity index (χ0) is 12.8. The van der Waals surface area contributed by atoms with E-state index in [1.54, 1.807) is 24.3 Å². The Bertz CT molecular complexity index is 451. The highest BCUT2D eigenvalue weighted by atomic mass is 32.2. The minimum absolute atomic E-state index is 0.321. The van der Waals surface area contributed by atoms with Gasteiger partial charge in [0, 0.05) is 4.90 Å². The van der Waals surface area contributed by atoms with Gasteiger partial charge in [-0.1, -0.05) is 17.7 Å². The smallest absolute Gasteiger partial charge is 0.333 e. The molecule has 0 fully saturated rings. The average Bonchev–Trinajstić information content (AvgIpc) is 2.29. The quantitative estimate of drug-likeness (QED) is 0.612. The van der Waals surface area contributed by atoms with E-state index in [1.807, 2.05) is 6.92 Å². The number of halogens is 1. The number of hydrogen-bond acceptors (Lipinski definition) is 3. The summed E-state index contributed by atoms with van der Waals surface area (Å²) >= 11 is 0. The van der Waals surface area contributed by atoms with Crippen LogP contribution in [-0.2, 0) is 20.3 Å². The summed E-state index contributed by atoms with van der Waals surface area (Å²) < 4.78 is 29.2. The molecule has 0 aromatic heterocycles. The van der Waals surface area contributed by atoms with Gasteiger partial charge < -0.3 is 4.74 Å². The van der Waals surface area contributed by atoms with E-state index in [-0.39, 0.29) is 5.75 Å². The lowest BCUT2D eigenvalue weighted by molar-refractivity contribution is -0.134. The molecule has 0 spiro atoms. The predicted molar refractivity (Wildman–Crippen MR) is 63.7 cm³/mol. The molecule has 0 aliphatic carbocycles.